The standard InChI is InChI=1S/C16H16Cl2N2O3S/c1-20(10-11-3-6-13(17)7-4-11)16(21)12-5-8-15(14(18)9-12)19-24(2,22)23/h3-9,19H,10H2,1-2H3. The van der Waals surface area contributed by atoms with Crippen LogP contribution >= 0.6 is 23.2 Å². The predicted octanol–water partition coefficient (Wildman–Crippen LogP) is 3.64. The van der Waals surface area contributed by atoms with E-state index in [9.17, 15) is 13.2 Å². The first-order valence-electron chi connectivity index (χ1n) is 6.93. The minimum Gasteiger partial charge on any atom is -0.337 e. The molecule has 0 fully saturated rings. The van der Waals surface area contributed by atoms with Gasteiger partial charge in [-0.05, 0) is 35.9 Å². The number of halogens is 2. The Morgan fingerprint density at radius 2 is 1.75 bits per heavy atom. The first-order valence-corrected chi connectivity index (χ1v) is 9.58. The van der Waals surface area contributed by atoms with Crippen LogP contribution in [-0.4, -0.2) is 32.5 Å². The number of sulfonamides is 1. The molecule has 0 heterocycles. The maximum Gasteiger partial charge on any atom is 0.253 e. The quantitative estimate of drug-likeness (QED) is 0.852. The second kappa shape index (κ2) is 7.42. The van der Waals surface area contributed by atoms with Crippen LogP contribution in [0.3, 0.4) is 0 Å². The SMILES string of the molecule is CN(Cc1ccc(Cl)cc1)C(=O)c1ccc(NS(C)(=O)=O)c(Cl)c1. The molecule has 0 saturated heterocycles. The number of carbonyl (C=O) groups excluding carboxylic acids is 1. The topological polar surface area (TPSA) is 66.5 Å². The van der Waals surface area contributed by atoms with E-state index >= 15 is 0 Å². The average molecular weight is 387 g/mol. The molecule has 0 spiro atoms. The summed E-state index contributed by atoms with van der Waals surface area (Å²) in [6, 6.07) is 11.6. The van der Waals surface area contributed by atoms with Gasteiger partial charge in [0.25, 0.3) is 5.91 Å². The summed E-state index contributed by atoms with van der Waals surface area (Å²) in [6.45, 7) is 0.414. The first kappa shape index (κ1) is 18.6. The Morgan fingerprint density at radius 1 is 1.12 bits per heavy atom. The van der Waals surface area contributed by atoms with Crippen LogP contribution in [0.4, 0.5) is 5.69 Å². The van der Waals surface area contributed by atoms with E-state index in [1.54, 1.807) is 24.1 Å². The fraction of sp³-hybridized carbons (Fsp3) is 0.188. The van der Waals surface area contributed by atoms with Crippen LogP contribution in [0.15, 0.2) is 42.5 Å². The molecule has 0 aromatic heterocycles. The zero-order valence-electron chi connectivity index (χ0n) is 13.1. The lowest BCUT2D eigenvalue weighted by Crippen LogP contribution is -2.26. The molecular formula is C16H16Cl2N2O3S. The van der Waals surface area contributed by atoms with Crippen molar-refractivity contribution >= 4 is 44.8 Å². The van der Waals surface area contributed by atoms with Crippen molar-refractivity contribution in [2.24, 2.45) is 0 Å². The van der Waals surface area contributed by atoms with Gasteiger partial charge < -0.3 is 4.90 Å². The number of amides is 1. The maximum absolute atomic E-state index is 12.5. The zero-order valence-corrected chi connectivity index (χ0v) is 15.4. The van der Waals surface area contributed by atoms with Crippen molar-refractivity contribution in [2.75, 3.05) is 18.0 Å². The number of benzene rings is 2. The van der Waals surface area contributed by atoms with Gasteiger partial charge in [0.1, 0.15) is 0 Å². The number of hydrogen-bond acceptors (Lipinski definition) is 3. The molecule has 0 unspecified atom stereocenters. The van der Waals surface area contributed by atoms with Gasteiger partial charge in [0.05, 0.1) is 17.0 Å². The molecule has 1 N–H and O–H groups in total. The summed E-state index contributed by atoms with van der Waals surface area (Å²) >= 11 is 11.9. The largest absolute Gasteiger partial charge is 0.337 e. The van der Waals surface area contributed by atoms with E-state index in [-0.39, 0.29) is 16.6 Å². The number of nitrogens with one attached hydrogen (secondary N) is 1. The Bertz CT molecular complexity index is 852. The third-order valence-corrected chi connectivity index (χ3v) is 4.35. The number of rotatable bonds is 5. The van der Waals surface area contributed by atoms with Gasteiger partial charge in [-0.3, -0.25) is 9.52 Å². The molecule has 2 aromatic carbocycles. The van der Waals surface area contributed by atoms with E-state index in [0.717, 1.165) is 11.8 Å². The Kier molecular flexibility index (Phi) is 5.74. The minimum atomic E-state index is -3.43. The van der Waals surface area contributed by atoms with Crippen LogP contribution in [0.5, 0.6) is 0 Å². The van der Waals surface area contributed by atoms with Crippen LogP contribution in [0, 0.1) is 0 Å². The lowest BCUT2D eigenvalue weighted by atomic mass is 10.1. The number of carbonyl (C=O) groups is 1. The molecule has 0 aliphatic rings. The minimum absolute atomic E-state index is 0.158. The summed E-state index contributed by atoms with van der Waals surface area (Å²) in [6.07, 6.45) is 1.03. The van der Waals surface area contributed by atoms with E-state index < -0.39 is 10.0 Å². The van der Waals surface area contributed by atoms with Gasteiger partial charge in [0, 0.05) is 24.2 Å². The van der Waals surface area contributed by atoms with Gasteiger partial charge in [-0.1, -0.05) is 35.3 Å². The van der Waals surface area contributed by atoms with Gasteiger partial charge in [-0.25, -0.2) is 8.42 Å². The summed E-state index contributed by atoms with van der Waals surface area (Å²) in [4.78, 5) is 14.0. The van der Waals surface area contributed by atoms with Crippen LogP contribution in [0.1, 0.15) is 15.9 Å². The Hall–Kier alpha value is -1.76. The van der Waals surface area contributed by atoms with Crippen molar-refractivity contribution in [3.05, 3.63) is 63.6 Å². The van der Waals surface area contributed by atoms with Crippen molar-refractivity contribution in [2.45, 2.75) is 6.54 Å². The van der Waals surface area contributed by atoms with E-state index in [4.69, 9.17) is 23.2 Å². The monoisotopic (exact) mass is 386 g/mol. The van der Waals surface area contributed by atoms with Gasteiger partial charge in [0.15, 0.2) is 0 Å². The molecule has 0 aliphatic heterocycles. The Morgan fingerprint density at radius 3 is 2.29 bits per heavy atom. The van der Waals surface area contributed by atoms with Gasteiger partial charge in [-0.15, -0.1) is 0 Å². The molecule has 0 atom stereocenters. The van der Waals surface area contributed by atoms with Gasteiger partial charge in [-0.2, -0.15) is 0 Å². The summed E-state index contributed by atoms with van der Waals surface area (Å²) in [7, 11) is -1.76. The van der Waals surface area contributed by atoms with E-state index in [2.05, 4.69) is 4.72 Å². The third kappa shape index (κ3) is 5.12. The van der Waals surface area contributed by atoms with Gasteiger partial charge >= 0.3 is 0 Å². The van der Waals surface area contributed by atoms with Crippen molar-refractivity contribution < 1.29 is 13.2 Å². The Balaban J connectivity index is 2.14. The van der Waals surface area contributed by atoms with Crippen molar-refractivity contribution in [3.8, 4) is 0 Å². The first-order chi connectivity index (χ1) is 11.2. The van der Waals surface area contributed by atoms with Crippen molar-refractivity contribution in [3.63, 3.8) is 0 Å². The molecule has 0 aliphatic carbocycles. The molecule has 0 bridgehead atoms. The lowest BCUT2D eigenvalue weighted by Gasteiger charge is -2.18. The fourth-order valence-electron chi connectivity index (χ4n) is 2.09. The smallest absolute Gasteiger partial charge is 0.253 e. The lowest BCUT2D eigenvalue weighted by molar-refractivity contribution is 0.0785. The predicted molar refractivity (Wildman–Crippen MR) is 97.2 cm³/mol. The maximum atomic E-state index is 12.5. The van der Waals surface area contributed by atoms with E-state index in [1.165, 1.54) is 18.2 Å². The number of anilines is 1. The molecule has 128 valence electrons. The second-order valence-electron chi connectivity index (χ2n) is 5.36. The highest BCUT2D eigenvalue weighted by Gasteiger charge is 2.15. The van der Waals surface area contributed by atoms with Gasteiger partial charge in [0.2, 0.25) is 10.0 Å². The number of nitrogens with zero attached hydrogens (tertiary/aromatic N) is 1. The van der Waals surface area contributed by atoms with E-state index in [0.29, 0.717) is 17.1 Å². The summed E-state index contributed by atoms with van der Waals surface area (Å²) in [5.41, 5.74) is 1.54. The van der Waals surface area contributed by atoms with Crippen LogP contribution in [0.2, 0.25) is 10.0 Å². The van der Waals surface area contributed by atoms with Crippen molar-refractivity contribution in [1.82, 2.24) is 4.90 Å². The van der Waals surface area contributed by atoms with Crippen molar-refractivity contribution in [1.29, 1.82) is 0 Å². The molecule has 0 radical (unpaired) electrons. The highest BCUT2D eigenvalue weighted by molar-refractivity contribution is 7.92. The summed E-state index contributed by atoms with van der Waals surface area (Å²) < 4.78 is 24.8. The summed E-state index contributed by atoms with van der Waals surface area (Å²) in [5.74, 6) is -0.224. The number of hydrogen-bond donors (Lipinski definition) is 1. The fourth-order valence-corrected chi connectivity index (χ4v) is 3.07. The normalized spacial score (nSPS) is 11.2. The average Bonchev–Trinajstić information content (AvgIpc) is 2.49. The van der Waals surface area contributed by atoms with Crippen LogP contribution in [-0.2, 0) is 16.6 Å². The zero-order chi connectivity index (χ0) is 17.9. The highest BCUT2D eigenvalue weighted by atomic mass is 35.5. The third-order valence-electron chi connectivity index (χ3n) is 3.19. The molecule has 2 rings (SSSR count). The second-order valence-corrected chi connectivity index (χ2v) is 7.95. The van der Waals surface area contributed by atoms with Crippen LogP contribution < -0.4 is 4.72 Å². The van der Waals surface area contributed by atoms with E-state index in [1.807, 2.05) is 12.1 Å². The molecule has 5 nitrogen and oxygen atoms in total. The summed E-state index contributed by atoms with van der Waals surface area (Å²) in [5, 5.41) is 0.791. The highest BCUT2D eigenvalue weighted by Crippen LogP contribution is 2.24. The molecular weight excluding hydrogens is 371 g/mol. The molecule has 0 saturated carbocycles. The molecule has 2 aromatic rings. The molecule has 24 heavy (non-hydrogen) atoms. The molecule has 8 heteroatoms. The van der Waals surface area contributed by atoms with Crippen LogP contribution in [0.25, 0.3) is 0 Å². The molecule has 1 amide bonds. The Labute approximate surface area is 151 Å².